The summed E-state index contributed by atoms with van der Waals surface area (Å²) in [5, 5.41) is 0. The summed E-state index contributed by atoms with van der Waals surface area (Å²) >= 11 is 0. The molecule has 2 rings (SSSR count). The summed E-state index contributed by atoms with van der Waals surface area (Å²) in [6, 6.07) is 9.05. The van der Waals surface area contributed by atoms with Crippen molar-refractivity contribution in [1.29, 1.82) is 0 Å². The second kappa shape index (κ2) is 5.14. The van der Waals surface area contributed by atoms with Crippen molar-refractivity contribution < 1.29 is 4.79 Å². The average Bonchev–Trinajstić information content (AvgIpc) is 2.64. The van der Waals surface area contributed by atoms with Crippen LogP contribution in [0.3, 0.4) is 0 Å². The third-order valence-corrected chi connectivity index (χ3v) is 2.36. The lowest BCUT2D eigenvalue weighted by Crippen LogP contribution is -2.36. The van der Waals surface area contributed by atoms with E-state index in [1.165, 1.54) is 4.90 Å². The number of nitrogens with zero attached hydrogens (tertiary/aromatic N) is 1. The summed E-state index contributed by atoms with van der Waals surface area (Å²) in [6.07, 6.45) is 8.83. The number of hydrazine groups is 1. The molecule has 0 radical (unpaired) electrons. The van der Waals surface area contributed by atoms with E-state index in [1.54, 1.807) is 30.5 Å². The Labute approximate surface area is 99.7 Å². The van der Waals surface area contributed by atoms with Crippen molar-refractivity contribution in [2.75, 3.05) is 0 Å². The second-order valence-corrected chi connectivity index (χ2v) is 3.46. The fourth-order valence-corrected chi connectivity index (χ4v) is 1.52. The SMILES string of the molecule is NNC1=CC=CC=CN1C(=O)c1ccccc1. The van der Waals surface area contributed by atoms with Crippen molar-refractivity contribution in [3.63, 3.8) is 0 Å². The van der Waals surface area contributed by atoms with Gasteiger partial charge in [0.15, 0.2) is 0 Å². The fourth-order valence-electron chi connectivity index (χ4n) is 1.52. The van der Waals surface area contributed by atoms with Crippen molar-refractivity contribution in [3.8, 4) is 0 Å². The number of benzene rings is 1. The van der Waals surface area contributed by atoms with E-state index in [1.807, 2.05) is 30.4 Å². The van der Waals surface area contributed by atoms with Gasteiger partial charge in [-0.2, -0.15) is 0 Å². The van der Waals surface area contributed by atoms with Gasteiger partial charge >= 0.3 is 0 Å². The minimum absolute atomic E-state index is 0.130. The minimum atomic E-state index is -0.130. The van der Waals surface area contributed by atoms with Crippen LogP contribution in [0.15, 0.2) is 66.7 Å². The van der Waals surface area contributed by atoms with Crippen molar-refractivity contribution >= 4 is 5.91 Å². The van der Waals surface area contributed by atoms with Crippen molar-refractivity contribution in [2.24, 2.45) is 5.84 Å². The number of amides is 1. The Morgan fingerprint density at radius 3 is 2.59 bits per heavy atom. The molecule has 0 aromatic heterocycles. The molecular formula is C13H13N3O. The first kappa shape index (κ1) is 11.2. The molecule has 0 spiro atoms. The molecule has 1 amide bonds. The van der Waals surface area contributed by atoms with Gasteiger partial charge in [0.1, 0.15) is 5.82 Å². The zero-order valence-electron chi connectivity index (χ0n) is 9.21. The van der Waals surface area contributed by atoms with Crippen LogP contribution in [-0.2, 0) is 0 Å². The Morgan fingerprint density at radius 1 is 1.12 bits per heavy atom. The zero-order valence-corrected chi connectivity index (χ0v) is 9.21. The van der Waals surface area contributed by atoms with Gasteiger partial charge in [0.25, 0.3) is 5.91 Å². The molecule has 0 fully saturated rings. The van der Waals surface area contributed by atoms with E-state index in [4.69, 9.17) is 5.84 Å². The molecule has 0 saturated carbocycles. The first-order valence-corrected chi connectivity index (χ1v) is 5.23. The number of rotatable bonds is 2. The second-order valence-electron chi connectivity index (χ2n) is 3.46. The first-order chi connectivity index (χ1) is 8.33. The quantitative estimate of drug-likeness (QED) is 0.595. The van der Waals surface area contributed by atoms with Gasteiger partial charge in [-0.25, -0.2) is 5.84 Å². The minimum Gasteiger partial charge on any atom is -0.310 e. The molecule has 0 unspecified atom stereocenters. The molecule has 0 aliphatic carbocycles. The van der Waals surface area contributed by atoms with Crippen LogP contribution in [0.5, 0.6) is 0 Å². The highest BCUT2D eigenvalue weighted by Gasteiger charge is 2.16. The van der Waals surface area contributed by atoms with Gasteiger partial charge in [-0.15, -0.1) is 0 Å². The van der Waals surface area contributed by atoms with Crippen LogP contribution in [0.4, 0.5) is 0 Å². The Balaban J connectivity index is 2.30. The molecule has 0 bridgehead atoms. The molecule has 4 nitrogen and oxygen atoms in total. The molecule has 1 heterocycles. The molecule has 0 saturated heterocycles. The summed E-state index contributed by atoms with van der Waals surface area (Å²) in [5.74, 6) is 5.80. The third kappa shape index (κ3) is 2.43. The molecule has 1 aliphatic heterocycles. The molecule has 1 aromatic carbocycles. The Morgan fingerprint density at radius 2 is 1.88 bits per heavy atom. The monoisotopic (exact) mass is 227 g/mol. The van der Waals surface area contributed by atoms with E-state index >= 15 is 0 Å². The molecule has 86 valence electrons. The van der Waals surface area contributed by atoms with E-state index in [0.717, 1.165) is 0 Å². The standard InChI is InChI=1S/C13H13N3O/c14-15-12-9-5-2-6-10-16(12)13(17)11-7-3-1-4-8-11/h1-10,15H,14H2. The van der Waals surface area contributed by atoms with Gasteiger partial charge in [-0.05, 0) is 24.3 Å². The van der Waals surface area contributed by atoms with Gasteiger partial charge in [0, 0.05) is 11.8 Å². The van der Waals surface area contributed by atoms with Crippen LogP contribution in [0.2, 0.25) is 0 Å². The van der Waals surface area contributed by atoms with Gasteiger partial charge in [0.05, 0.1) is 0 Å². The summed E-state index contributed by atoms with van der Waals surface area (Å²) in [4.78, 5) is 13.7. The summed E-state index contributed by atoms with van der Waals surface area (Å²) in [5.41, 5.74) is 3.12. The van der Waals surface area contributed by atoms with E-state index in [2.05, 4.69) is 5.43 Å². The predicted molar refractivity (Wildman–Crippen MR) is 66.3 cm³/mol. The van der Waals surface area contributed by atoms with Crippen molar-refractivity contribution in [3.05, 3.63) is 72.2 Å². The lowest BCUT2D eigenvalue weighted by molar-refractivity contribution is 0.0850. The van der Waals surface area contributed by atoms with Gasteiger partial charge < -0.3 is 5.43 Å². The van der Waals surface area contributed by atoms with Crippen molar-refractivity contribution in [2.45, 2.75) is 0 Å². The first-order valence-electron chi connectivity index (χ1n) is 5.23. The Bertz CT molecular complexity index is 489. The van der Waals surface area contributed by atoms with E-state index in [-0.39, 0.29) is 5.91 Å². The maximum absolute atomic E-state index is 12.2. The number of carbonyl (C=O) groups excluding carboxylic acids is 1. The highest BCUT2D eigenvalue weighted by Crippen LogP contribution is 2.11. The lowest BCUT2D eigenvalue weighted by atomic mass is 10.2. The fraction of sp³-hybridized carbons (Fsp3) is 0. The topological polar surface area (TPSA) is 58.4 Å². The number of allylic oxidation sites excluding steroid dienone is 4. The normalized spacial score (nSPS) is 14.2. The van der Waals surface area contributed by atoms with Crippen LogP contribution in [0, 0.1) is 0 Å². The molecule has 1 aromatic rings. The third-order valence-electron chi connectivity index (χ3n) is 2.36. The predicted octanol–water partition coefficient (Wildman–Crippen LogP) is 1.52. The Kier molecular flexibility index (Phi) is 3.37. The van der Waals surface area contributed by atoms with E-state index in [9.17, 15) is 4.79 Å². The highest BCUT2D eigenvalue weighted by molar-refractivity contribution is 5.96. The highest BCUT2D eigenvalue weighted by atomic mass is 16.2. The number of nitrogens with one attached hydrogen (secondary N) is 1. The van der Waals surface area contributed by atoms with Crippen LogP contribution in [0.25, 0.3) is 0 Å². The smallest absolute Gasteiger partial charge is 0.263 e. The van der Waals surface area contributed by atoms with Crippen molar-refractivity contribution in [1.82, 2.24) is 10.3 Å². The van der Waals surface area contributed by atoms with Gasteiger partial charge in [0.2, 0.25) is 0 Å². The zero-order chi connectivity index (χ0) is 12.1. The van der Waals surface area contributed by atoms with Crippen LogP contribution in [0.1, 0.15) is 10.4 Å². The van der Waals surface area contributed by atoms with Gasteiger partial charge in [-0.3, -0.25) is 9.69 Å². The average molecular weight is 227 g/mol. The molecule has 1 aliphatic rings. The van der Waals surface area contributed by atoms with Crippen LogP contribution < -0.4 is 11.3 Å². The maximum atomic E-state index is 12.2. The number of nitrogens with two attached hydrogens (primary N) is 1. The number of hydrogen-bond donors (Lipinski definition) is 2. The largest absolute Gasteiger partial charge is 0.310 e. The molecule has 17 heavy (non-hydrogen) atoms. The number of carbonyl (C=O) groups is 1. The lowest BCUT2D eigenvalue weighted by Gasteiger charge is -2.20. The van der Waals surface area contributed by atoms with Crippen LogP contribution >= 0.6 is 0 Å². The molecule has 3 N–H and O–H groups in total. The number of hydrogen-bond acceptors (Lipinski definition) is 3. The van der Waals surface area contributed by atoms with Crippen LogP contribution in [-0.4, -0.2) is 10.8 Å². The summed E-state index contributed by atoms with van der Waals surface area (Å²) in [6.45, 7) is 0. The molecule has 0 atom stereocenters. The molecule has 4 heteroatoms. The molecular weight excluding hydrogens is 214 g/mol. The summed E-state index contributed by atoms with van der Waals surface area (Å²) < 4.78 is 0. The van der Waals surface area contributed by atoms with Gasteiger partial charge in [-0.1, -0.05) is 30.4 Å². The Hall–Kier alpha value is -2.33. The summed E-state index contributed by atoms with van der Waals surface area (Å²) in [7, 11) is 0. The maximum Gasteiger partial charge on any atom is 0.263 e. The van der Waals surface area contributed by atoms with E-state index < -0.39 is 0 Å². The van der Waals surface area contributed by atoms with E-state index in [0.29, 0.717) is 11.4 Å².